The zero-order valence-electron chi connectivity index (χ0n) is 7.24. The molecule has 5 nitrogen and oxygen atoms in total. The van der Waals surface area contributed by atoms with Crippen molar-refractivity contribution in [3.8, 4) is 0 Å². The highest BCUT2D eigenvalue weighted by Gasteiger charge is 1.90. The fraction of sp³-hybridized carbons (Fsp3) is 1.00. The first-order valence-corrected chi connectivity index (χ1v) is 3.60. The van der Waals surface area contributed by atoms with Crippen molar-refractivity contribution in [3.63, 3.8) is 0 Å². The summed E-state index contributed by atoms with van der Waals surface area (Å²) in [4.78, 5) is 8.25. The molecular weight excluding hydrogens is 148 g/mol. The molecule has 0 heterocycles. The maximum atomic E-state index is 8.25. The van der Waals surface area contributed by atoms with E-state index in [0.29, 0.717) is 0 Å². The first-order chi connectivity index (χ1) is 5.00. The van der Waals surface area contributed by atoms with Crippen LogP contribution in [0.3, 0.4) is 0 Å². The highest BCUT2D eigenvalue weighted by Crippen LogP contribution is 1.93. The molecule has 0 amide bonds. The molecule has 11 heavy (non-hydrogen) atoms. The Morgan fingerprint density at radius 1 is 1.45 bits per heavy atom. The van der Waals surface area contributed by atoms with E-state index >= 15 is 0 Å². The molecule has 0 rings (SSSR count). The van der Waals surface area contributed by atoms with Gasteiger partial charge in [0.05, 0.1) is 18.7 Å². The Hall–Kier alpha value is -0.840. The molecule has 2 N–H and O–H groups in total. The Morgan fingerprint density at radius 2 is 1.82 bits per heavy atom. The lowest BCUT2D eigenvalue weighted by Gasteiger charge is -1.98. The van der Waals surface area contributed by atoms with Gasteiger partial charge in [0.1, 0.15) is 0 Å². The second-order valence-electron chi connectivity index (χ2n) is 2.60. The number of rotatable bonds is 3. The van der Waals surface area contributed by atoms with E-state index < -0.39 is 5.09 Å². The maximum absolute atomic E-state index is 8.25. The molecule has 0 aliphatic rings. The van der Waals surface area contributed by atoms with Crippen LogP contribution in [0.15, 0.2) is 0 Å². The average Bonchev–Trinajstić information content (AvgIpc) is 1.82. The van der Waals surface area contributed by atoms with Crippen molar-refractivity contribution in [3.05, 3.63) is 15.3 Å². The van der Waals surface area contributed by atoms with Gasteiger partial charge in [-0.3, -0.25) is 0 Å². The van der Waals surface area contributed by atoms with Crippen molar-refractivity contribution >= 4 is 0 Å². The summed E-state index contributed by atoms with van der Waals surface area (Å²) in [5, 5.41) is 17.0. The summed E-state index contributed by atoms with van der Waals surface area (Å²) < 4.78 is 0. The van der Waals surface area contributed by atoms with Crippen molar-refractivity contribution < 1.29 is 10.4 Å². The summed E-state index contributed by atoms with van der Waals surface area (Å²) in [6.45, 7) is 5.78. The lowest BCUT2D eigenvalue weighted by molar-refractivity contribution is -0.627. The van der Waals surface area contributed by atoms with E-state index in [1.165, 1.54) is 13.0 Å². The van der Waals surface area contributed by atoms with Crippen LogP contribution in [0.4, 0.5) is 0 Å². The third-order valence-electron chi connectivity index (χ3n) is 1.03. The molecule has 0 radical (unpaired) electrons. The van der Waals surface area contributed by atoms with Crippen LogP contribution < -0.4 is 5.32 Å². The molecule has 0 saturated heterocycles. The predicted molar refractivity (Wildman–Crippen MR) is 42.5 cm³/mol. The van der Waals surface area contributed by atoms with Crippen molar-refractivity contribution in [2.24, 2.45) is 5.92 Å². The largest absolute Gasteiger partial charge is 0.356 e. The number of quaternary nitrogens is 1. The molecule has 0 aliphatic heterocycles. The van der Waals surface area contributed by atoms with Gasteiger partial charge in [-0.2, -0.15) is 0 Å². The van der Waals surface area contributed by atoms with Crippen LogP contribution in [-0.2, 0) is 0 Å². The van der Waals surface area contributed by atoms with Crippen LogP contribution >= 0.6 is 0 Å². The van der Waals surface area contributed by atoms with Crippen LogP contribution in [0, 0.1) is 21.2 Å². The molecule has 0 unspecified atom stereocenters. The Bertz CT molecular complexity index is 91.8. The predicted octanol–water partition coefficient (Wildman–Crippen LogP) is -0.0134. The Kier molecular flexibility index (Phi) is 10.7. The molecule has 0 fully saturated rings. The molecule has 0 aromatic heterocycles. The minimum absolute atomic E-state index is 0.871. The molecule has 0 saturated carbocycles. The van der Waals surface area contributed by atoms with Gasteiger partial charge in [-0.15, -0.1) is 0 Å². The van der Waals surface area contributed by atoms with Crippen molar-refractivity contribution in [1.29, 1.82) is 0 Å². The van der Waals surface area contributed by atoms with E-state index in [9.17, 15) is 0 Å². The van der Waals surface area contributed by atoms with Crippen LogP contribution in [0.5, 0.6) is 0 Å². The highest BCUT2D eigenvalue weighted by molar-refractivity contribution is 4.38. The van der Waals surface area contributed by atoms with Gasteiger partial charge in [-0.1, -0.05) is 13.8 Å². The van der Waals surface area contributed by atoms with Gasteiger partial charge in [-0.05, 0) is 12.3 Å². The van der Waals surface area contributed by atoms with Crippen molar-refractivity contribution in [2.45, 2.75) is 20.3 Å². The van der Waals surface area contributed by atoms with Crippen LogP contribution in [0.25, 0.3) is 0 Å². The van der Waals surface area contributed by atoms with E-state index in [1.54, 1.807) is 0 Å². The van der Waals surface area contributed by atoms with Gasteiger partial charge in [0, 0.05) is 0 Å². The lowest BCUT2D eigenvalue weighted by Crippen LogP contribution is -2.79. The first kappa shape index (κ1) is 12.8. The molecule has 0 aromatic rings. The van der Waals surface area contributed by atoms with Crippen molar-refractivity contribution in [2.75, 3.05) is 13.6 Å². The minimum atomic E-state index is -1.75. The molecule has 5 heteroatoms. The van der Waals surface area contributed by atoms with Gasteiger partial charge >= 0.3 is 0 Å². The summed E-state index contributed by atoms with van der Waals surface area (Å²) in [5.41, 5.74) is 0. The second kappa shape index (κ2) is 9.16. The number of nitrogens with two attached hydrogens (primary N) is 1. The molecule has 0 aliphatic carbocycles. The van der Waals surface area contributed by atoms with E-state index in [2.05, 4.69) is 26.2 Å². The second-order valence-corrected chi connectivity index (χ2v) is 2.60. The fourth-order valence-electron chi connectivity index (χ4n) is 0.500. The zero-order chi connectivity index (χ0) is 9.28. The van der Waals surface area contributed by atoms with Crippen LogP contribution in [-0.4, -0.2) is 18.7 Å². The monoisotopic (exact) mass is 164 g/mol. The topological polar surface area (TPSA) is 82.8 Å². The Balaban J connectivity index is 0. The van der Waals surface area contributed by atoms with E-state index in [1.807, 2.05) is 0 Å². The van der Waals surface area contributed by atoms with E-state index in [4.69, 9.17) is 15.3 Å². The minimum Gasteiger partial charge on any atom is -0.356 e. The third kappa shape index (κ3) is 47.0. The van der Waals surface area contributed by atoms with Crippen LogP contribution in [0.2, 0.25) is 0 Å². The summed E-state index contributed by atoms with van der Waals surface area (Å²) in [6.07, 6.45) is 1.34. The Morgan fingerprint density at radius 3 is 1.91 bits per heavy atom. The Labute approximate surface area is 66.5 Å². The SMILES string of the molecule is C[NH2+]CCC(C)C.O=[N+]([O-])[O-]. The molecule has 0 atom stereocenters. The van der Waals surface area contributed by atoms with Gasteiger partial charge in [0.15, 0.2) is 0 Å². The van der Waals surface area contributed by atoms with E-state index in [0.717, 1.165) is 5.92 Å². The van der Waals surface area contributed by atoms with Gasteiger partial charge in [0.2, 0.25) is 0 Å². The molecule has 0 spiro atoms. The summed E-state index contributed by atoms with van der Waals surface area (Å²) in [6, 6.07) is 0. The summed E-state index contributed by atoms with van der Waals surface area (Å²) >= 11 is 0. The van der Waals surface area contributed by atoms with Gasteiger partial charge in [-0.25, -0.2) is 0 Å². The molecule has 68 valence electrons. The van der Waals surface area contributed by atoms with Crippen molar-refractivity contribution in [1.82, 2.24) is 0 Å². The average molecular weight is 164 g/mol. The fourth-order valence-corrected chi connectivity index (χ4v) is 0.500. The molecule has 0 aromatic carbocycles. The molecular formula is C6H16N2O3. The van der Waals surface area contributed by atoms with E-state index in [-0.39, 0.29) is 0 Å². The third-order valence-corrected chi connectivity index (χ3v) is 1.03. The normalized spacial score (nSPS) is 8.73. The standard InChI is InChI=1S/C6H15N.NO3/c1-6(2)4-5-7-3;2-1(3)4/h6-7H,4-5H2,1-3H3;/q;-1/p+1. The quantitative estimate of drug-likeness (QED) is 0.470. The smallest absolute Gasteiger partial charge is 0.0755 e. The summed E-state index contributed by atoms with van der Waals surface area (Å²) in [5.74, 6) is 0.871. The lowest BCUT2D eigenvalue weighted by atomic mass is 10.1. The number of hydrogen-bond donors (Lipinski definition) is 1. The first-order valence-electron chi connectivity index (χ1n) is 3.60. The van der Waals surface area contributed by atoms with Crippen LogP contribution in [0.1, 0.15) is 20.3 Å². The van der Waals surface area contributed by atoms with Gasteiger partial charge in [0.25, 0.3) is 0 Å². The maximum Gasteiger partial charge on any atom is 0.0755 e. The number of nitrogens with zero attached hydrogens (tertiary/aromatic N) is 1. The number of hydrogen-bond acceptors (Lipinski definition) is 3. The zero-order valence-corrected chi connectivity index (χ0v) is 7.24. The highest BCUT2D eigenvalue weighted by atomic mass is 16.9. The van der Waals surface area contributed by atoms with Gasteiger partial charge < -0.3 is 20.6 Å². The molecule has 0 bridgehead atoms. The summed E-state index contributed by atoms with van der Waals surface area (Å²) in [7, 11) is 2.11.